The number of fused-ring (bicyclic) bond motifs is 3. The van der Waals surface area contributed by atoms with E-state index in [2.05, 4.69) is 35.2 Å². The number of rotatable bonds is 10. The van der Waals surface area contributed by atoms with Gasteiger partial charge in [-0.3, -0.25) is 0 Å². The highest BCUT2D eigenvalue weighted by Crippen LogP contribution is 2.46. The summed E-state index contributed by atoms with van der Waals surface area (Å²) in [7, 11) is -3.59. The first-order valence-corrected chi connectivity index (χ1v) is 17.2. The Hall–Kier alpha value is -2.06. The van der Waals surface area contributed by atoms with Crippen LogP contribution in [-0.2, 0) is 21.9 Å². The minimum atomic E-state index is -3.59. The zero-order chi connectivity index (χ0) is 29.2. The third-order valence-electron chi connectivity index (χ3n) is 9.78. The zero-order valence-corrected chi connectivity index (χ0v) is 25.9. The van der Waals surface area contributed by atoms with Gasteiger partial charge in [0.25, 0.3) is 0 Å². The summed E-state index contributed by atoms with van der Waals surface area (Å²) in [5.74, 6) is 1.37. The number of aliphatic hydroxyl groups excluding tert-OH is 1. The van der Waals surface area contributed by atoms with E-state index in [1.54, 1.807) is 0 Å². The monoisotopic (exact) mass is 600 g/mol. The normalized spacial score (nSPS) is 26.4. The Morgan fingerprint density at radius 2 is 2.05 bits per heavy atom. The average molecular weight is 601 g/mol. The number of nitrogens with zero attached hydrogens (tertiary/aromatic N) is 1. The first kappa shape index (κ1) is 30.4. The molecule has 0 amide bonds. The van der Waals surface area contributed by atoms with Crippen LogP contribution < -0.4 is 14.8 Å². The summed E-state index contributed by atoms with van der Waals surface area (Å²) in [6, 6.07) is 14.7. The van der Waals surface area contributed by atoms with Gasteiger partial charge >= 0.3 is 0 Å². The number of allylic oxidation sites excluding steroid dienone is 1. The number of hydrogen-bond acceptors (Lipinski definition) is 5. The summed E-state index contributed by atoms with van der Waals surface area (Å²) in [6.45, 7) is 6.28. The van der Waals surface area contributed by atoms with Crippen molar-refractivity contribution in [1.29, 1.82) is 0 Å². The molecule has 0 aromatic heterocycles. The predicted octanol–water partition coefficient (Wildman–Crippen LogP) is 6.24. The number of primary sulfonamides is 1. The summed E-state index contributed by atoms with van der Waals surface area (Å²) in [4.78, 5) is 2.50. The van der Waals surface area contributed by atoms with Gasteiger partial charge in [-0.05, 0) is 98.1 Å². The van der Waals surface area contributed by atoms with E-state index in [4.69, 9.17) is 21.5 Å². The van der Waals surface area contributed by atoms with Crippen LogP contribution >= 0.6 is 11.6 Å². The van der Waals surface area contributed by atoms with Crippen LogP contribution in [0.2, 0.25) is 5.02 Å². The maximum Gasteiger partial charge on any atom is 0.212 e. The van der Waals surface area contributed by atoms with Crippen molar-refractivity contribution in [3.8, 4) is 5.75 Å². The number of halogens is 1. The van der Waals surface area contributed by atoms with Crippen molar-refractivity contribution in [2.75, 3.05) is 24.6 Å². The molecule has 2 aliphatic carbocycles. The number of anilines is 1. The Labute approximate surface area is 251 Å². The number of ether oxygens (including phenoxy) is 1. The predicted molar refractivity (Wildman–Crippen MR) is 167 cm³/mol. The molecule has 0 bridgehead atoms. The Kier molecular flexibility index (Phi) is 9.39. The molecule has 1 fully saturated rings. The van der Waals surface area contributed by atoms with E-state index >= 15 is 0 Å². The van der Waals surface area contributed by atoms with Gasteiger partial charge in [-0.1, -0.05) is 62.2 Å². The Morgan fingerprint density at radius 1 is 1.24 bits per heavy atom. The second kappa shape index (κ2) is 12.7. The maximum absolute atomic E-state index is 12.0. The van der Waals surface area contributed by atoms with Crippen molar-refractivity contribution in [1.82, 2.24) is 0 Å². The van der Waals surface area contributed by atoms with Gasteiger partial charge in [0.05, 0.1) is 23.6 Å². The second-order valence-electron chi connectivity index (χ2n) is 12.6. The number of para-hydroxylation sites is 2. The minimum Gasteiger partial charge on any atom is -0.490 e. The highest BCUT2D eigenvalue weighted by molar-refractivity contribution is 7.89. The lowest BCUT2D eigenvalue weighted by atomic mass is 9.68. The number of aliphatic hydroxyl groups is 1. The molecule has 1 saturated carbocycles. The van der Waals surface area contributed by atoms with Crippen molar-refractivity contribution in [3.63, 3.8) is 0 Å². The zero-order valence-electron chi connectivity index (χ0n) is 24.3. The molecule has 1 heterocycles. The number of hydrogen-bond donors (Lipinski definition) is 2. The molecule has 2 aromatic rings. The van der Waals surface area contributed by atoms with Gasteiger partial charge in [0.15, 0.2) is 0 Å². The molecule has 6 nitrogen and oxygen atoms in total. The van der Waals surface area contributed by atoms with E-state index < -0.39 is 21.4 Å². The minimum absolute atomic E-state index is 0.0939. The van der Waals surface area contributed by atoms with E-state index in [-0.39, 0.29) is 17.3 Å². The summed E-state index contributed by atoms with van der Waals surface area (Å²) in [6.07, 6.45) is 10.5. The van der Waals surface area contributed by atoms with Gasteiger partial charge in [0.1, 0.15) is 5.75 Å². The van der Waals surface area contributed by atoms with Crippen LogP contribution in [0.5, 0.6) is 5.75 Å². The van der Waals surface area contributed by atoms with Crippen LogP contribution in [0.3, 0.4) is 0 Å². The highest BCUT2D eigenvalue weighted by Gasteiger charge is 2.44. The average Bonchev–Trinajstić information content (AvgIpc) is 3.06. The van der Waals surface area contributed by atoms with E-state index in [0.29, 0.717) is 25.4 Å². The van der Waals surface area contributed by atoms with E-state index in [1.165, 1.54) is 11.1 Å². The third kappa shape index (κ3) is 6.64. The number of nitrogens with two attached hydrogens (primary N) is 1. The molecule has 0 unspecified atom stereocenters. The standard InChI is InChI=1S/C33H45ClN2O4S/c1-3-8-32(41(35,38)39)23(2)9-6-12-30(37)27-16-14-25(27)20-36-21-33(22-40-31-13-5-4-11-29(31)36)18-7-10-24-19-26(34)15-17-28(24)33/h4-6,11-13,15,17,19,23,25,27,30,32,37H,3,7-10,14,16,18,20-22H2,1-2H3,(H2,35,38,39)/b12-6+/t23-,25+,27-,30+,32-,33+/m1/s1. The molecule has 1 spiro atoms. The van der Waals surface area contributed by atoms with Crippen LogP contribution in [0.25, 0.3) is 0 Å². The second-order valence-corrected chi connectivity index (χ2v) is 14.8. The van der Waals surface area contributed by atoms with Gasteiger partial charge in [-0.15, -0.1) is 0 Å². The smallest absolute Gasteiger partial charge is 0.212 e. The molecule has 224 valence electrons. The lowest BCUT2D eigenvalue weighted by Gasteiger charge is -2.45. The molecule has 3 aliphatic rings. The third-order valence-corrected chi connectivity index (χ3v) is 11.6. The Balaban J connectivity index is 1.30. The Bertz CT molecular complexity index is 1350. The molecule has 6 atom stereocenters. The van der Waals surface area contributed by atoms with Crippen molar-refractivity contribution in [3.05, 3.63) is 70.8 Å². The van der Waals surface area contributed by atoms with E-state index in [0.717, 1.165) is 68.1 Å². The number of benzene rings is 2. The molecule has 2 aromatic carbocycles. The molecular weight excluding hydrogens is 556 g/mol. The molecule has 41 heavy (non-hydrogen) atoms. The van der Waals surface area contributed by atoms with Gasteiger partial charge < -0.3 is 14.7 Å². The molecular formula is C33H45ClN2O4S. The lowest BCUT2D eigenvalue weighted by molar-refractivity contribution is 0.0456. The summed E-state index contributed by atoms with van der Waals surface area (Å²) < 4.78 is 30.6. The van der Waals surface area contributed by atoms with Crippen LogP contribution in [0.1, 0.15) is 69.9 Å². The fraction of sp³-hybridized carbons (Fsp3) is 0.576. The van der Waals surface area contributed by atoms with Crippen molar-refractivity contribution >= 4 is 27.3 Å². The summed E-state index contributed by atoms with van der Waals surface area (Å²) in [5, 5.41) is 16.9. The molecule has 0 radical (unpaired) electrons. The molecule has 5 rings (SSSR count). The summed E-state index contributed by atoms with van der Waals surface area (Å²) >= 11 is 6.38. The Morgan fingerprint density at radius 3 is 2.78 bits per heavy atom. The van der Waals surface area contributed by atoms with Crippen LogP contribution in [0.15, 0.2) is 54.6 Å². The van der Waals surface area contributed by atoms with E-state index in [9.17, 15) is 13.5 Å². The SMILES string of the molecule is CCC[C@H]([C@H](C)C/C=C/[C@H](O)[C@@H]1CC[C@H]1CN1C[C@@]2(CCCc3cc(Cl)ccc32)COc2ccccc21)S(N)(=O)=O. The largest absolute Gasteiger partial charge is 0.490 e. The summed E-state index contributed by atoms with van der Waals surface area (Å²) in [5.41, 5.74) is 3.70. The van der Waals surface area contributed by atoms with Gasteiger partial charge in [0.2, 0.25) is 10.0 Å². The van der Waals surface area contributed by atoms with E-state index in [1.807, 2.05) is 38.1 Å². The fourth-order valence-corrected chi connectivity index (χ4v) is 8.92. The van der Waals surface area contributed by atoms with Crippen LogP contribution in [0, 0.1) is 17.8 Å². The molecule has 1 aliphatic heterocycles. The molecule has 3 N–H and O–H groups in total. The topological polar surface area (TPSA) is 92.9 Å². The van der Waals surface area contributed by atoms with Crippen LogP contribution in [0.4, 0.5) is 5.69 Å². The first-order valence-electron chi connectivity index (χ1n) is 15.2. The number of sulfonamides is 1. The first-order chi connectivity index (χ1) is 19.6. The van der Waals surface area contributed by atoms with Crippen molar-refractivity contribution in [2.45, 2.75) is 82.0 Å². The van der Waals surface area contributed by atoms with Crippen molar-refractivity contribution < 1.29 is 18.3 Å². The van der Waals surface area contributed by atoms with Gasteiger partial charge in [-0.25, -0.2) is 13.6 Å². The highest BCUT2D eigenvalue weighted by atomic mass is 35.5. The quantitative estimate of drug-likeness (QED) is 0.315. The molecule has 0 saturated heterocycles. The fourth-order valence-electron chi connectivity index (χ4n) is 7.41. The molecule has 8 heteroatoms. The van der Waals surface area contributed by atoms with Gasteiger partial charge in [-0.2, -0.15) is 0 Å². The van der Waals surface area contributed by atoms with Gasteiger partial charge in [0, 0.05) is 23.5 Å². The lowest BCUT2D eigenvalue weighted by Crippen LogP contribution is -2.49. The van der Waals surface area contributed by atoms with Crippen molar-refractivity contribution in [2.24, 2.45) is 22.9 Å². The number of aryl methyl sites for hydroxylation is 1. The van der Waals surface area contributed by atoms with Crippen LogP contribution in [-0.4, -0.2) is 44.6 Å². The maximum atomic E-state index is 12.0.